The summed E-state index contributed by atoms with van der Waals surface area (Å²) in [7, 11) is 0. The predicted molar refractivity (Wildman–Crippen MR) is 105 cm³/mol. The molecule has 1 aromatic heterocycles. The van der Waals surface area contributed by atoms with Crippen molar-refractivity contribution in [1.29, 1.82) is 0 Å². The summed E-state index contributed by atoms with van der Waals surface area (Å²) in [6.45, 7) is 5.29. The van der Waals surface area contributed by atoms with Crippen molar-refractivity contribution >= 4 is 23.4 Å². The maximum atomic E-state index is 12.0. The van der Waals surface area contributed by atoms with Gasteiger partial charge in [0.1, 0.15) is 0 Å². The summed E-state index contributed by atoms with van der Waals surface area (Å²) < 4.78 is 5.05. The van der Waals surface area contributed by atoms with Crippen molar-refractivity contribution in [1.82, 2.24) is 15.0 Å². The van der Waals surface area contributed by atoms with Gasteiger partial charge in [-0.2, -0.15) is 16.7 Å². The second kappa shape index (κ2) is 9.73. The first-order valence-corrected chi connectivity index (χ1v) is 10.3. The van der Waals surface area contributed by atoms with Crippen LogP contribution < -0.4 is 5.32 Å². The van der Waals surface area contributed by atoms with E-state index in [4.69, 9.17) is 4.52 Å². The first-order valence-electron chi connectivity index (χ1n) is 9.17. The van der Waals surface area contributed by atoms with Crippen LogP contribution in [0, 0.1) is 6.92 Å². The lowest BCUT2D eigenvalue weighted by atomic mass is 10.1. The minimum absolute atomic E-state index is 0.0137. The molecule has 26 heavy (non-hydrogen) atoms. The Morgan fingerprint density at radius 1 is 1.23 bits per heavy atom. The van der Waals surface area contributed by atoms with Gasteiger partial charge in [-0.1, -0.05) is 17.3 Å². The molecule has 0 aliphatic carbocycles. The number of aryl methyl sites for hydroxylation is 2. The number of carbonyl (C=O) groups excluding carboxylic acids is 1. The Bertz CT molecular complexity index is 696. The summed E-state index contributed by atoms with van der Waals surface area (Å²) in [6.07, 6.45) is 2.82. The van der Waals surface area contributed by atoms with E-state index in [1.807, 2.05) is 23.9 Å². The number of anilines is 1. The standard InChI is InChI=1S/C19H26N4O2S/c1-15-20-19(25-22-15)4-2-3-18(24)21-17-7-5-16(6-8-17)9-10-23-11-13-26-14-12-23/h5-8H,2-4,9-14H2,1H3,(H,21,24). The second-order valence-corrected chi connectivity index (χ2v) is 7.76. The maximum Gasteiger partial charge on any atom is 0.226 e. The molecule has 6 nitrogen and oxygen atoms in total. The molecule has 3 rings (SSSR count). The maximum absolute atomic E-state index is 12.0. The van der Waals surface area contributed by atoms with Crippen molar-refractivity contribution in [2.75, 3.05) is 36.5 Å². The fourth-order valence-electron chi connectivity index (χ4n) is 2.93. The SMILES string of the molecule is Cc1noc(CCCC(=O)Nc2ccc(CCN3CCSCC3)cc2)n1. The van der Waals surface area contributed by atoms with Gasteiger partial charge in [-0.15, -0.1) is 0 Å². The Hall–Kier alpha value is -1.86. The van der Waals surface area contributed by atoms with Gasteiger partial charge in [-0.3, -0.25) is 4.79 Å². The Morgan fingerprint density at radius 3 is 2.69 bits per heavy atom. The molecule has 0 unspecified atom stereocenters. The van der Waals surface area contributed by atoms with Crippen LogP contribution in [0.1, 0.15) is 30.1 Å². The minimum atomic E-state index is 0.0137. The number of rotatable bonds is 8. The Kier molecular flexibility index (Phi) is 7.08. The van der Waals surface area contributed by atoms with Crippen LogP contribution in [0.25, 0.3) is 0 Å². The number of thioether (sulfide) groups is 1. The van der Waals surface area contributed by atoms with Crippen LogP contribution >= 0.6 is 11.8 Å². The molecule has 2 aromatic rings. The van der Waals surface area contributed by atoms with E-state index < -0.39 is 0 Å². The molecule has 140 valence electrons. The molecular weight excluding hydrogens is 348 g/mol. The zero-order chi connectivity index (χ0) is 18.2. The summed E-state index contributed by atoms with van der Waals surface area (Å²) in [5, 5.41) is 6.69. The Balaban J connectivity index is 1.36. The van der Waals surface area contributed by atoms with Crippen molar-refractivity contribution in [2.45, 2.75) is 32.6 Å². The molecule has 1 saturated heterocycles. The lowest BCUT2D eigenvalue weighted by Crippen LogP contribution is -2.34. The minimum Gasteiger partial charge on any atom is -0.339 e. The highest BCUT2D eigenvalue weighted by Crippen LogP contribution is 2.13. The molecule has 7 heteroatoms. The van der Waals surface area contributed by atoms with Crippen molar-refractivity contribution in [3.8, 4) is 0 Å². The van der Waals surface area contributed by atoms with Gasteiger partial charge in [-0.05, 0) is 37.5 Å². The number of amides is 1. The Morgan fingerprint density at radius 2 is 2.00 bits per heavy atom. The fraction of sp³-hybridized carbons (Fsp3) is 0.526. The van der Waals surface area contributed by atoms with Crippen molar-refractivity contribution in [3.63, 3.8) is 0 Å². The van der Waals surface area contributed by atoms with Gasteiger partial charge in [0.05, 0.1) is 0 Å². The lowest BCUT2D eigenvalue weighted by molar-refractivity contribution is -0.116. The largest absolute Gasteiger partial charge is 0.339 e. The average molecular weight is 375 g/mol. The van der Waals surface area contributed by atoms with E-state index in [1.165, 1.54) is 30.2 Å². The van der Waals surface area contributed by atoms with Crippen molar-refractivity contribution < 1.29 is 9.32 Å². The first kappa shape index (κ1) is 18.9. The summed E-state index contributed by atoms with van der Waals surface area (Å²) in [6, 6.07) is 8.19. The van der Waals surface area contributed by atoms with Gasteiger partial charge in [0, 0.05) is 49.7 Å². The summed E-state index contributed by atoms with van der Waals surface area (Å²) in [5.74, 6) is 3.73. The highest BCUT2D eigenvalue weighted by molar-refractivity contribution is 7.99. The molecular formula is C19H26N4O2S. The normalized spacial score (nSPS) is 15.1. The van der Waals surface area contributed by atoms with Crippen LogP contribution in [-0.4, -0.2) is 52.1 Å². The molecule has 0 saturated carbocycles. The zero-order valence-corrected chi connectivity index (χ0v) is 16.1. The van der Waals surface area contributed by atoms with E-state index in [0.29, 0.717) is 31.0 Å². The number of aromatic nitrogens is 2. The van der Waals surface area contributed by atoms with E-state index in [0.717, 1.165) is 18.7 Å². The molecule has 1 aliphatic rings. The number of nitrogens with zero attached hydrogens (tertiary/aromatic N) is 3. The van der Waals surface area contributed by atoms with E-state index in [-0.39, 0.29) is 5.91 Å². The highest BCUT2D eigenvalue weighted by atomic mass is 32.2. The zero-order valence-electron chi connectivity index (χ0n) is 15.2. The summed E-state index contributed by atoms with van der Waals surface area (Å²) in [5.41, 5.74) is 2.16. The molecule has 1 fully saturated rings. The third-order valence-electron chi connectivity index (χ3n) is 4.42. The van der Waals surface area contributed by atoms with E-state index in [9.17, 15) is 4.79 Å². The predicted octanol–water partition coefficient (Wildman–Crippen LogP) is 2.93. The Labute approximate surface area is 158 Å². The molecule has 0 radical (unpaired) electrons. The van der Waals surface area contributed by atoms with Crippen molar-refractivity contribution in [2.24, 2.45) is 0 Å². The number of carbonyl (C=O) groups is 1. The van der Waals surface area contributed by atoms with Gasteiger partial charge in [-0.25, -0.2) is 0 Å². The van der Waals surface area contributed by atoms with Crippen LogP contribution in [0.2, 0.25) is 0 Å². The number of hydrogen-bond donors (Lipinski definition) is 1. The van der Waals surface area contributed by atoms with Gasteiger partial charge in [0.15, 0.2) is 5.82 Å². The highest BCUT2D eigenvalue weighted by Gasteiger charge is 2.10. The van der Waals surface area contributed by atoms with Gasteiger partial charge >= 0.3 is 0 Å². The second-order valence-electron chi connectivity index (χ2n) is 6.54. The fourth-order valence-corrected chi connectivity index (χ4v) is 3.91. The summed E-state index contributed by atoms with van der Waals surface area (Å²) in [4.78, 5) is 18.7. The molecule has 1 amide bonds. The van der Waals surface area contributed by atoms with Crippen LogP contribution in [0.3, 0.4) is 0 Å². The molecule has 1 aromatic carbocycles. The smallest absolute Gasteiger partial charge is 0.226 e. The number of hydrogen-bond acceptors (Lipinski definition) is 6. The van der Waals surface area contributed by atoms with Crippen LogP contribution in [0.5, 0.6) is 0 Å². The molecule has 0 bridgehead atoms. The van der Waals surface area contributed by atoms with E-state index >= 15 is 0 Å². The molecule has 1 N–H and O–H groups in total. The van der Waals surface area contributed by atoms with Crippen LogP contribution in [0.4, 0.5) is 5.69 Å². The molecule has 0 spiro atoms. The van der Waals surface area contributed by atoms with Gasteiger partial charge in [0.25, 0.3) is 0 Å². The summed E-state index contributed by atoms with van der Waals surface area (Å²) >= 11 is 2.04. The molecule has 2 heterocycles. The average Bonchev–Trinajstić information content (AvgIpc) is 3.07. The third kappa shape index (κ3) is 6.14. The molecule has 0 atom stereocenters. The molecule has 1 aliphatic heterocycles. The van der Waals surface area contributed by atoms with Crippen LogP contribution in [0.15, 0.2) is 28.8 Å². The quantitative estimate of drug-likeness (QED) is 0.766. The van der Waals surface area contributed by atoms with Gasteiger partial charge in [0.2, 0.25) is 11.8 Å². The third-order valence-corrected chi connectivity index (χ3v) is 5.36. The van der Waals surface area contributed by atoms with Gasteiger partial charge < -0.3 is 14.7 Å². The van der Waals surface area contributed by atoms with E-state index in [1.54, 1.807) is 6.92 Å². The van der Waals surface area contributed by atoms with E-state index in [2.05, 4.69) is 32.5 Å². The van der Waals surface area contributed by atoms with Crippen LogP contribution in [-0.2, 0) is 17.6 Å². The van der Waals surface area contributed by atoms with Crippen molar-refractivity contribution in [3.05, 3.63) is 41.5 Å². The first-order chi connectivity index (χ1) is 12.7. The number of benzene rings is 1. The monoisotopic (exact) mass is 374 g/mol. The topological polar surface area (TPSA) is 71.3 Å². The number of nitrogens with one attached hydrogen (secondary N) is 1. The lowest BCUT2D eigenvalue weighted by Gasteiger charge is -2.26.